The first-order valence-corrected chi connectivity index (χ1v) is 12.0. The van der Waals surface area contributed by atoms with Crippen molar-refractivity contribution in [3.05, 3.63) is 48.2 Å². The average molecular weight is 460 g/mol. The van der Waals surface area contributed by atoms with Gasteiger partial charge in [-0.25, -0.2) is 0 Å². The van der Waals surface area contributed by atoms with Gasteiger partial charge < -0.3 is 19.7 Å². The predicted octanol–water partition coefficient (Wildman–Crippen LogP) is 4.85. The van der Waals surface area contributed by atoms with Crippen molar-refractivity contribution in [3.8, 4) is 34.0 Å². The summed E-state index contributed by atoms with van der Waals surface area (Å²) < 4.78 is 11.9. The van der Waals surface area contributed by atoms with Gasteiger partial charge in [-0.3, -0.25) is 0 Å². The lowest BCUT2D eigenvalue weighted by Crippen LogP contribution is -2.44. The Morgan fingerprint density at radius 3 is 2.74 bits per heavy atom. The highest BCUT2D eigenvalue weighted by atomic mass is 16.5. The largest absolute Gasteiger partial charge is 0.489 e. The zero-order valence-corrected chi connectivity index (χ0v) is 20.6. The number of pyridine rings is 1. The number of fused-ring (bicyclic) bond motifs is 3. The molecule has 1 atom stereocenters. The molecular formula is C27H33N5O2. The third-order valence-electron chi connectivity index (χ3n) is 6.05. The highest BCUT2D eigenvalue weighted by Crippen LogP contribution is 2.39. The maximum absolute atomic E-state index is 6.11. The van der Waals surface area contributed by atoms with E-state index in [2.05, 4.69) is 71.5 Å². The van der Waals surface area contributed by atoms with Gasteiger partial charge in [0.1, 0.15) is 18.2 Å². The Hall–Kier alpha value is -3.19. The molecule has 1 N–H and O–H groups in total. The van der Waals surface area contributed by atoms with Crippen LogP contribution in [0.3, 0.4) is 0 Å². The molecule has 2 aromatic heterocycles. The first-order valence-electron chi connectivity index (χ1n) is 12.0. The molecule has 1 saturated heterocycles. The molecule has 7 heteroatoms. The third-order valence-corrected chi connectivity index (χ3v) is 6.05. The van der Waals surface area contributed by atoms with Crippen LogP contribution in [0.15, 0.2) is 42.6 Å². The number of nitrogens with one attached hydrogen (secondary N) is 1. The molecule has 34 heavy (non-hydrogen) atoms. The Morgan fingerprint density at radius 1 is 1.12 bits per heavy atom. The Kier molecular flexibility index (Phi) is 5.90. The van der Waals surface area contributed by atoms with Crippen LogP contribution in [0.4, 0.5) is 5.82 Å². The summed E-state index contributed by atoms with van der Waals surface area (Å²) in [6, 6.07) is 13.0. The summed E-state index contributed by atoms with van der Waals surface area (Å²) in [6.07, 6.45) is 2.85. The van der Waals surface area contributed by atoms with E-state index in [0.29, 0.717) is 18.5 Å². The van der Waals surface area contributed by atoms with Gasteiger partial charge in [-0.2, -0.15) is 15.2 Å². The van der Waals surface area contributed by atoms with Crippen LogP contribution in [0.2, 0.25) is 0 Å². The monoisotopic (exact) mass is 459 g/mol. The minimum Gasteiger partial charge on any atom is -0.489 e. The summed E-state index contributed by atoms with van der Waals surface area (Å²) in [5.41, 5.74) is 5.19. The average Bonchev–Trinajstić information content (AvgIpc) is 3.24. The lowest BCUT2D eigenvalue weighted by molar-refractivity contribution is 0.241. The van der Waals surface area contributed by atoms with Crippen LogP contribution in [-0.4, -0.2) is 46.0 Å². The number of aromatic nitrogens is 3. The first-order chi connectivity index (χ1) is 16.2. The minimum absolute atomic E-state index is 0.0871. The molecule has 2 aliphatic rings. The molecule has 2 aliphatic heterocycles. The van der Waals surface area contributed by atoms with Gasteiger partial charge in [0.25, 0.3) is 0 Å². The van der Waals surface area contributed by atoms with Gasteiger partial charge in [0.2, 0.25) is 5.88 Å². The standard InChI is InChI=1S/C27H33N5O2/c1-17(2)34-21-13-24(31-28-14-21)18-6-7-22-19(12-18)16-33-26-23(22)8-9-25(29-26)32-11-10-20(15-32)30-27(3,4)5/h6-9,12-14,17,20,30H,10-11,15-16H2,1-5H3. The van der Waals surface area contributed by atoms with Crippen LogP contribution in [0, 0.1) is 0 Å². The van der Waals surface area contributed by atoms with Crippen LogP contribution in [0.25, 0.3) is 22.4 Å². The van der Waals surface area contributed by atoms with E-state index < -0.39 is 0 Å². The number of anilines is 1. The van der Waals surface area contributed by atoms with E-state index in [4.69, 9.17) is 14.5 Å². The van der Waals surface area contributed by atoms with E-state index in [1.807, 2.05) is 19.9 Å². The van der Waals surface area contributed by atoms with Crippen LogP contribution < -0.4 is 19.7 Å². The summed E-state index contributed by atoms with van der Waals surface area (Å²) >= 11 is 0. The van der Waals surface area contributed by atoms with E-state index in [1.165, 1.54) is 0 Å². The molecule has 5 rings (SSSR count). The Balaban J connectivity index is 1.36. The predicted molar refractivity (Wildman–Crippen MR) is 134 cm³/mol. The number of ether oxygens (including phenoxy) is 2. The second-order valence-electron chi connectivity index (χ2n) is 10.5. The van der Waals surface area contributed by atoms with E-state index >= 15 is 0 Å². The second kappa shape index (κ2) is 8.87. The summed E-state index contributed by atoms with van der Waals surface area (Å²) in [5, 5.41) is 12.1. The SMILES string of the molecule is CC(C)Oc1cnnc(-c2ccc3c(c2)COc2nc(N4CCC(NC(C)(C)C)C4)ccc2-3)c1. The van der Waals surface area contributed by atoms with E-state index in [0.717, 1.165) is 59.0 Å². The molecular weight excluding hydrogens is 426 g/mol. The number of rotatable bonds is 5. The molecule has 1 unspecified atom stereocenters. The molecule has 4 heterocycles. The second-order valence-corrected chi connectivity index (χ2v) is 10.5. The molecule has 0 amide bonds. The molecule has 178 valence electrons. The highest BCUT2D eigenvalue weighted by molar-refractivity contribution is 5.77. The fraction of sp³-hybridized carbons (Fsp3) is 0.444. The van der Waals surface area contributed by atoms with E-state index in [1.54, 1.807) is 6.20 Å². The van der Waals surface area contributed by atoms with Crippen LogP contribution >= 0.6 is 0 Å². The number of hydrogen-bond donors (Lipinski definition) is 1. The van der Waals surface area contributed by atoms with Crippen LogP contribution in [0.1, 0.15) is 46.6 Å². The van der Waals surface area contributed by atoms with Gasteiger partial charge in [-0.05, 0) is 70.4 Å². The van der Waals surface area contributed by atoms with Crippen molar-refractivity contribution >= 4 is 5.82 Å². The molecule has 3 aromatic rings. The van der Waals surface area contributed by atoms with Crippen molar-refractivity contribution in [1.82, 2.24) is 20.5 Å². The van der Waals surface area contributed by atoms with Gasteiger partial charge in [-0.15, -0.1) is 0 Å². The lowest BCUT2D eigenvalue weighted by Gasteiger charge is -2.26. The summed E-state index contributed by atoms with van der Waals surface area (Å²) in [7, 11) is 0. The Morgan fingerprint density at radius 2 is 1.94 bits per heavy atom. The van der Waals surface area contributed by atoms with Gasteiger partial charge >= 0.3 is 0 Å². The van der Waals surface area contributed by atoms with Crippen molar-refractivity contribution in [2.45, 2.75) is 65.3 Å². The maximum Gasteiger partial charge on any atom is 0.223 e. The van der Waals surface area contributed by atoms with Gasteiger partial charge in [-0.1, -0.05) is 12.1 Å². The van der Waals surface area contributed by atoms with Crippen molar-refractivity contribution in [1.29, 1.82) is 0 Å². The molecule has 0 radical (unpaired) electrons. The number of benzene rings is 1. The normalized spacial score (nSPS) is 17.4. The summed E-state index contributed by atoms with van der Waals surface area (Å²) in [4.78, 5) is 7.23. The van der Waals surface area contributed by atoms with Crippen LogP contribution in [-0.2, 0) is 6.61 Å². The first kappa shape index (κ1) is 22.6. The van der Waals surface area contributed by atoms with Crippen LogP contribution in [0.5, 0.6) is 11.6 Å². The fourth-order valence-corrected chi connectivity index (χ4v) is 4.73. The molecule has 0 aliphatic carbocycles. The minimum atomic E-state index is 0.0871. The third kappa shape index (κ3) is 4.85. The maximum atomic E-state index is 6.11. The summed E-state index contributed by atoms with van der Waals surface area (Å²) in [6.45, 7) is 13.1. The van der Waals surface area contributed by atoms with Gasteiger partial charge in [0, 0.05) is 41.9 Å². The smallest absolute Gasteiger partial charge is 0.223 e. The van der Waals surface area contributed by atoms with Crippen molar-refractivity contribution in [2.75, 3.05) is 18.0 Å². The van der Waals surface area contributed by atoms with Crippen molar-refractivity contribution < 1.29 is 9.47 Å². The highest BCUT2D eigenvalue weighted by Gasteiger charge is 2.28. The number of nitrogens with zero attached hydrogens (tertiary/aromatic N) is 4. The molecule has 0 spiro atoms. The molecule has 7 nitrogen and oxygen atoms in total. The van der Waals surface area contributed by atoms with E-state index in [9.17, 15) is 0 Å². The zero-order chi connectivity index (χ0) is 23.9. The van der Waals surface area contributed by atoms with Gasteiger partial charge in [0.15, 0.2) is 0 Å². The van der Waals surface area contributed by atoms with Gasteiger partial charge in [0.05, 0.1) is 18.0 Å². The molecule has 1 fully saturated rings. The Bertz CT molecular complexity index is 1190. The Labute approximate surface area is 201 Å². The van der Waals surface area contributed by atoms with Crippen molar-refractivity contribution in [2.24, 2.45) is 0 Å². The van der Waals surface area contributed by atoms with E-state index in [-0.39, 0.29) is 11.6 Å². The molecule has 0 bridgehead atoms. The molecule has 1 aromatic carbocycles. The van der Waals surface area contributed by atoms with Crippen molar-refractivity contribution in [3.63, 3.8) is 0 Å². The fourth-order valence-electron chi connectivity index (χ4n) is 4.73. The number of hydrogen-bond acceptors (Lipinski definition) is 7. The topological polar surface area (TPSA) is 72.4 Å². The molecule has 0 saturated carbocycles. The quantitative estimate of drug-likeness (QED) is 0.585. The lowest BCUT2D eigenvalue weighted by atomic mass is 9.96. The summed E-state index contributed by atoms with van der Waals surface area (Å²) in [5.74, 6) is 2.41. The zero-order valence-electron chi connectivity index (χ0n) is 20.6.